The molecule has 0 saturated heterocycles. The number of anilines is 1. The van der Waals surface area contributed by atoms with Gasteiger partial charge in [-0.05, 0) is 11.6 Å². The second-order valence-corrected chi connectivity index (χ2v) is 2.26. The fourth-order valence-corrected chi connectivity index (χ4v) is 1.06. The Hall–Kier alpha value is -1.09. The summed E-state index contributed by atoms with van der Waals surface area (Å²) in [6, 6.07) is 1.85. The zero-order chi connectivity index (χ0) is 6.97. The summed E-state index contributed by atoms with van der Waals surface area (Å²) >= 11 is 0. The lowest BCUT2D eigenvalue weighted by atomic mass is 10.2. The highest BCUT2D eigenvalue weighted by Crippen LogP contribution is 2.19. The second-order valence-electron chi connectivity index (χ2n) is 2.26. The molecule has 0 aliphatic carbocycles. The van der Waals surface area contributed by atoms with Gasteiger partial charge in [0.2, 0.25) is 5.91 Å². The van der Waals surface area contributed by atoms with Crippen molar-refractivity contribution in [3.63, 3.8) is 0 Å². The maximum absolute atomic E-state index is 10.8. The van der Waals surface area contributed by atoms with Gasteiger partial charge in [0.25, 0.3) is 0 Å². The molecular weight excluding hydrogens is 164 g/mol. The van der Waals surface area contributed by atoms with Crippen molar-refractivity contribution in [2.45, 2.75) is 6.42 Å². The Kier molecular flexibility index (Phi) is 2.10. The molecule has 0 aromatic carbocycles. The number of nitrogens with one attached hydrogen (secondary N) is 1. The third-order valence-corrected chi connectivity index (χ3v) is 1.54. The summed E-state index contributed by atoms with van der Waals surface area (Å²) in [6.45, 7) is 0. The molecule has 2 rings (SSSR count). The normalized spacial score (nSPS) is 13.3. The Bertz CT molecular complexity index is 261. The molecule has 0 bridgehead atoms. The molecule has 1 aromatic heterocycles. The highest BCUT2D eigenvalue weighted by atomic mass is 35.5. The monoisotopic (exact) mass is 170 g/mol. The predicted octanol–water partition coefficient (Wildman–Crippen LogP) is 0.998. The van der Waals surface area contributed by atoms with Crippen LogP contribution in [0.5, 0.6) is 0 Å². The van der Waals surface area contributed by atoms with Crippen LogP contribution < -0.4 is 5.32 Å². The van der Waals surface area contributed by atoms with Gasteiger partial charge in [-0.15, -0.1) is 12.4 Å². The van der Waals surface area contributed by atoms with Crippen LogP contribution in [0.15, 0.2) is 18.5 Å². The van der Waals surface area contributed by atoms with Crippen LogP contribution in [0.2, 0.25) is 0 Å². The first-order valence-corrected chi connectivity index (χ1v) is 3.09. The van der Waals surface area contributed by atoms with E-state index in [0.717, 1.165) is 11.3 Å². The Morgan fingerprint density at radius 3 is 3.09 bits per heavy atom. The summed E-state index contributed by atoms with van der Waals surface area (Å²) in [6.07, 6.45) is 3.86. The van der Waals surface area contributed by atoms with Crippen LogP contribution in [0.3, 0.4) is 0 Å². The summed E-state index contributed by atoms with van der Waals surface area (Å²) in [5, 5.41) is 2.70. The molecule has 1 aromatic rings. The number of rotatable bonds is 0. The van der Waals surface area contributed by atoms with Crippen LogP contribution >= 0.6 is 12.4 Å². The Morgan fingerprint density at radius 2 is 2.36 bits per heavy atom. The van der Waals surface area contributed by atoms with Crippen molar-refractivity contribution in [1.29, 1.82) is 0 Å². The van der Waals surface area contributed by atoms with Crippen LogP contribution in [0.1, 0.15) is 5.56 Å². The lowest BCUT2D eigenvalue weighted by molar-refractivity contribution is -0.115. The molecule has 0 atom stereocenters. The summed E-state index contributed by atoms with van der Waals surface area (Å²) in [7, 11) is 0. The second kappa shape index (κ2) is 2.88. The van der Waals surface area contributed by atoms with Gasteiger partial charge in [0.15, 0.2) is 0 Å². The maximum atomic E-state index is 10.8. The van der Waals surface area contributed by atoms with Crippen molar-refractivity contribution in [2.75, 3.05) is 5.32 Å². The minimum atomic E-state index is 0. The summed E-state index contributed by atoms with van der Waals surface area (Å²) < 4.78 is 0. The van der Waals surface area contributed by atoms with Gasteiger partial charge in [-0.2, -0.15) is 0 Å². The van der Waals surface area contributed by atoms with Gasteiger partial charge in [-0.25, -0.2) is 0 Å². The first-order valence-electron chi connectivity index (χ1n) is 3.09. The zero-order valence-electron chi connectivity index (χ0n) is 5.70. The average molecular weight is 171 g/mol. The molecule has 0 fully saturated rings. The molecule has 1 N–H and O–H groups in total. The number of hydrogen-bond donors (Lipinski definition) is 1. The zero-order valence-corrected chi connectivity index (χ0v) is 6.52. The number of nitrogens with zero attached hydrogens (tertiary/aromatic N) is 1. The quantitative estimate of drug-likeness (QED) is 0.631. The van der Waals surface area contributed by atoms with Gasteiger partial charge in [-0.3, -0.25) is 9.78 Å². The molecular formula is C7H7ClN2O. The third kappa shape index (κ3) is 1.33. The number of amides is 1. The predicted molar refractivity (Wildman–Crippen MR) is 43.8 cm³/mol. The van der Waals surface area contributed by atoms with E-state index in [2.05, 4.69) is 10.3 Å². The molecule has 1 amide bonds. The highest BCUT2D eigenvalue weighted by molar-refractivity contribution is 5.98. The van der Waals surface area contributed by atoms with Crippen molar-refractivity contribution < 1.29 is 4.79 Å². The van der Waals surface area contributed by atoms with E-state index >= 15 is 0 Å². The van der Waals surface area contributed by atoms with Crippen LogP contribution in [0.4, 0.5) is 5.69 Å². The Morgan fingerprint density at radius 1 is 1.55 bits per heavy atom. The SMILES string of the molecule is Cl.O=C1Cc2ccncc2N1. The maximum Gasteiger partial charge on any atom is 0.228 e. The Labute approximate surface area is 70.2 Å². The van der Waals surface area contributed by atoms with Crippen LogP contribution in [-0.4, -0.2) is 10.9 Å². The molecule has 4 heteroatoms. The van der Waals surface area contributed by atoms with Crippen LogP contribution in [0, 0.1) is 0 Å². The molecule has 0 saturated carbocycles. The van der Waals surface area contributed by atoms with Crippen LogP contribution in [0.25, 0.3) is 0 Å². The molecule has 0 radical (unpaired) electrons. The number of pyridine rings is 1. The molecule has 58 valence electrons. The van der Waals surface area contributed by atoms with Crippen LogP contribution in [-0.2, 0) is 11.2 Å². The number of aromatic nitrogens is 1. The van der Waals surface area contributed by atoms with Crippen molar-refractivity contribution in [2.24, 2.45) is 0 Å². The summed E-state index contributed by atoms with van der Waals surface area (Å²) in [4.78, 5) is 14.6. The smallest absolute Gasteiger partial charge is 0.228 e. The number of hydrogen-bond acceptors (Lipinski definition) is 2. The van der Waals surface area contributed by atoms with E-state index in [1.807, 2.05) is 6.07 Å². The van der Waals surface area contributed by atoms with Gasteiger partial charge in [-0.1, -0.05) is 0 Å². The van der Waals surface area contributed by atoms with Crippen molar-refractivity contribution in [3.8, 4) is 0 Å². The van der Waals surface area contributed by atoms with Gasteiger partial charge < -0.3 is 5.32 Å². The average Bonchev–Trinajstić information content (AvgIpc) is 2.27. The molecule has 0 spiro atoms. The van der Waals surface area contributed by atoms with Gasteiger partial charge in [0.05, 0.1) is 18.3 Å². The minimum Gasteiger partial charge on any atom is -0.324 e. The number of fused-ring (bicyclic) bond motifs is 1. The fourth-order valence-electron chi connectivity index (χ4n) is 1.06. The molecule has 1 aliphatic heterocycles. The van der Waals surface area contributed by atoms with E-state index in [9.17, 15) is 4.79 Å². The largest absolute Gasteiger partial charge is 0.324 e. The third-order valence-electron chi connectivity index (χ3n) is 1.54. The van der Waals surface area contributed by atoms with E-state index in [1.54, 1.807) is 12.4 Å². The van der Waals surface area contributed by atoms with Crippen molar-refractivity contribution in [3.05, 3.63) is 24.0 Å². The molecule has 1 aliphatic rings. The lowest BCUT2D eigenvalue weighted by Crippen LogP contribution is -2.03. The first kappa shape index (κ1) is 8.01. The number of halogens is 1. The van der Waals surface area contributed by atoms with E-state index < -0.39 is 0 Å². The number of carbonyl (C=O) groups excluding carboxylic acids is 1. The molecule has 2 heterocycles. The van der Waals surface area contributed by atoms with E-state index in [-0.39, 0.29) is 18.3 Å². The topological polar surface area (TPSA) is 42.0 Å². The lowest BCUT2D eigenvalue weighted by Gasteiger charge is -1.92. The first-order chi connectivity index (χ1) is 4.86. The van der Waals surface area contributed by atoms with Gasteiger partial charge >= 0.3 is 0 Å². The summed E-state index contributed by atoms with van der Waals surface area (Å²) in [5.74, 6) is 0.0583. The standard InChI is InChI=1S/C7H6N2O.ClH/c10-7-3-5-1-2-8-4-6(5)9-7;/h1-2,4H,3H2,(H,9,10);1H. The van der Waals surface area contributed by atoms with E-state index in [4.69, 9.17) is 0 Å². The Balaban J connectivity index is 0.000000605. The minimum absolute atomic E-state index is 0. The highest BCUT2D eigenvalue weighted by Gasteiger charge is 2.15. The van der Waals surface area contributed by atoms with Gasteiger partial charge in [0.1, 0.15) is 0 Å². The summed E-state index contributed by atoms with van der Waals surface area (Å²) in [5.41, 5.74) is 1.90. The molecule has 3 nitrogen and oxygen atoms in total. The van der Waals surface area contributed by atoms with Crippen molar-refractivity contribution in [1.82, 2.24) is 4.98 Å². The molecule has 0 unspecified atom stereocenters. The fraction of sp³-hybridized carbons (Fsp3) is 0.143. The molecule has 11 heavy (non-hydrogen) atoms. The van der Waals surface area contributed by atoms with E-state index in [1.165, 1.54) is 0 Å². The van der Waals surface area contributed by atoms with Crippen molar-refractivity contribution >= 4 is 24.0 Å². The van der Waals surface area contributed by atoms with Gasteiger partial charge in [0, 0.05) is 6.20 Å². The van der Waals surface area contributed by atoms with E-state index in [0.29, 0.717) is 6.42 Å². The number of carbonyl (C=O) groups is 1.